The number of nitrogens with zero attached hydrogens (tertiary/aromatic N) is 3. The van der Waals surface area contributed by atoms with Gasteiger partial charge >= 0.3 is 0 Å². The molecule has 0 spiro atoms. The standard InChI is InChI=1S/C26H25N3O2/c1-3-28(18-15-20-13-16-27-17-14-20)24-23(21-11-9-19(2)10-12-21)25(30)29(26(24)31)22-7-5-4-6-8-22/h4-14,16-17H,3,15,18H2,1-2H3. The quantitative estimate of drug-likeness (QED) is 0.546. The Balaban J connectivity index is 1.75. The molecule has 31 heavy (non-hydrogen) atoms. The molecule has 0 aliphatic carbocycles. The minimum atomic E-state index is -0.280. The Kier molecular flexibility index (Phi) is 5.94. The van der Waals surface area contributed by atoms with Crippen LogP contribution in [0.1, 0.15) is 23.6 Å². The highest BCUT2D eigenvalue weighted by Gasteiger charge is 2.42. The van der Waals surface area contributed by atoms with Crippen LogP contribution < -0.4 is 4.90 Å². The second kappa shape index (κ2) is 8.96. The molecular formula is C26H25N3O2. The van der Waals surface area contributed by atoms with Gasteiger partial charge in [-0.2, -0.15) is 0 Å². The Bertz CT molecular complexity index is 1110. The van der Waals surface area contributed by atoms with Gasteiger partial charge < -0.3 is 4.90 Å². The number of benzene rings is 2. The van der Waals surface area contributed by atoms with Crippen LogP contribution in [-0.2, 0) is 16.0 Å². The fourth-order valence-electron chi connectivity index (χ4n) is 3.85. The maximum atomic E-state index is 13.6. The van der Waals surface area contributed by atoms with E-state index in [0.717, 1.165) is 23.1 Å². The highest BCUT2D eigenvalue weighted by Crippen LogP contribution is 2.34. The molecular weight excluding hydrogens is 386 g/mol. The van der Waals surface area contributed by atoms with Crippen LogP contribution in [-0.4, -0.2) is 34.8 Å². The van der Waals surface area contributed by atoms with E-state index in [1.54, 1.807) is 24.5 Å². The first-order valence-corrected chi connectivity index (χ1v) is 10.5. The average molecular weight is 412 g/mol. The van der Waals surface area contributed by atoms with Gasteiger partial charge in [0.05, 0.1) is 11.3 Å². The number of aryl methyl sites for hydroxylation is 1. The Hall–Kier alpha value is -3.73. The lowest BCUT2D eigenvalue weighted by molar-refractivity contribution is -0.120. The molecule has 5 heteroatoms. The number of amides is 2. The molecule has 5 nitrogen and oxygen atoms in total. The van der Waals surface area contributed by atoms with Gasteiger partial charge in [-0.05, 0) is 55.7 Å². The summed E-state index contributed by atoms with van der Waals surface area (Å²) in [4.78, 5) is 34.5. The summed E-state index contributed by atoms with van der Waals surface area (Å²) in [5.74, 6) is -0.555. The molecule has 2 heterocycles. The van der Waals surface area contributed by atoms with Crippen LogP contribution in [0.25, 0.3) is 5.57 Å². The van der Waals surface area contributed by atoms with E-state index in [1.807, 2.05) is 73.3 Å². The van der Waals surface area contributed by atoms with E-state index in [2.05, 4.69) is 4.98 Å². The highest BCUT2D eigenvalue weighted by atomic mass is 16.2. The molecule has 0 unspecified atom stereocenters. The fraction of sp³-hybridized carbons (Fsp3) is 0.192. The van der Waals surface area contributed by atoms with Crippen molar-refractivity contribution in [2.24, 2.45) is 0 Å². The second-order valence-electron chi connectivity index (χ2n) is 7.56. The molecule has 0 fully saturated rings. The highest BCUT2D eigenvalue weighted by molar-refractivity contribution is 6.45. The van der Waals surface area contributed by atoms with E-state index in [0.29, 0.717) is 30.0 Å². The number of aromatic nitrogens is 1. The lowest BCUT2D eigenvalue weighted by Gasteiger charge is -2.25. The third-order valence-electron chi connectivity index (χ3n) is 5.53. The molecule has 2 amide bonds. The lowest BCUT2D eigenvalue weighted by atomic mass is 10.0. The van der Waals surface area contributed by atoms with E-state index in [4.69, 9.17) is 0 Å². The van der Waals surface area contributed by atoms with Crippen LogP contribution in [0.5, 0.6) is 0 Å². The SMILES string of the molecule is CCN(CCc1ccncc1)C1=C(c2ccc(C)cc2)C(=O)N(c2ccccc2)C1=O. The van der Waals surface area contributed by atoms with Crippen molar-refractivity contribution in [3.05, 3.63) is 102 Å². The Morgan fingerprint density at radius 2 is 1.55 bits per heavy atom. The number of hydrogen-bond acceptors (Lipinski definition) is 4. The first-order valence-electron chi connectivity index (χ1n) is 10.5. The van der Waals surface area contributed by atoms with Gasteiger partial charge in [0.1, 0.15) is 5.70 Å². The third-order valence-corrected chi connectivity index (χ3v) is 5.53. The molecule has 3 aromatic rings. The second-order valence-corrected chi connectivity index (χ2v) is 7.56. The predicted molar refractivity (Wildman–Crippen MR) is 122 cm³/mol. The molecule has 4 rings (SSSR count). The predicted octanol–water partition coefficient (Wildman–Crippen LogP) is 4.24. The van der Waals surface area contributed by atoms with Crippen molar-refractivity contribution >= 4 is 23.1 Å². The molecule has 1 aliphatic rings. The van der Waals surface area contributed by atoms with Crippen molar-refractivity contribution in [1.82, 2.24) is 9.88 Å². The van der Waals surface area contributed by atoms with Crippen molar-refractivity contribution in [3.8, 4) is 0 Å². The summed E-state index contributed by atoms with van der Waals surface area (Å²) in [7, 11) is 0. The van der Waals surface area contributed by atoms with Crippen LogP contribution >= 0.6 is 0 Å². The number of carbonyl (C=O) groups is 2. The van der Waals surface area contributed by atoms with Gasteiger partial charge in [-0.15, -0.1) is 0 Å². The summed E-state index contributed by atoms with van der Waals surface area (Å²) in [6, 6.07) is 20.8. The number of imide groups is 1. The van der Waals surface area contributed by atoms with E-state index in [9.17, 15) is 9.59 Å². The van der Waals surface area contributed by atoms with Gasteiger partial charge in [0.2, 0.25) is 0 Å². The number of para-hydroxylation sites is 1. The first-order chi connectivity index (χ1) is 15.1. The summed E-state index contributed by atoms with van der Waals surface area (Å²) in [6.45, 7) is 5.27. The number of hydrogen-bond donors (Lipinski definition) is 0. The van der Waals surface area contributed by atoms with Gasteiger partial charge in [0, 0.05) is 25.5 Å². The average Bonchev–Trinajstić information content (AvgIpc) is 3.06. The molecule has 1 aromatic heterocycles. The smallest absolute Gasteiger partial charge is 0.282 e. The van der Waals surface area contributed by atoms with Crippen molar-refractivity contribution in [1.29, 1.82) is 0 Å². The maximum absolute atomic E-state index is 13.6. The maximum Gasteiger partial charge on any atom is 0.282 e. The molecule has 0 saturated carbocycles. The Morgan fingerprint density at radius 1 is 0.871 bits per heavy atom. The zero-order chi connectivity index (χ0) is 21.8. The minimum absolute atomic E-state index is 0.275. The van der Waals surface area contributed by atoms with Crippen molar-refractivity contribution in [2.75, 3.05) is 18.0 Å². The summed E-state index contributed by atoms with van der Waals surface area (Å²) in [5, 5.41) is 0. The van der Waals surface area contributed by atoms with Crippen molar-refractivity contribution < 1.29 is 9.59 Å². The number of carbonyl (C=O) groups excluding carboxylic acids is 2. The molecule has 156 valence electrons. The Labute approximate surface area is 182 Å². The normalized spacial score (nSPS) is 13.8. The van der Waals surface area contributed by atoms with Gasteiger partial charge in [-0.3, -0.25) is 14.6 Å². The Morgan fingerprint density at radius 3 is 2.19 bits per heavy atom. The third kappa shape index (κ3) is 4.12. The number of rotatable bonds is 7. The van der Waals surface area contributed by atoms with Crippen LogP contribution in [0.4, 0.5) is 5.69 Å². The van der Waals surface area contributed by atoms with Gasteiger partial charge in [0.25, 0.3) is 11.8 Å². The molecule has 2 aromatic carbocycles. The van der Waals surface area contributed by atoms with Crippen molar-refractivity contribution in [2.45, 2.75) is 20.3 Å². The summed E-state index contributed by atoms with van der Waals surface area (Å²) in [6.07, 6.45) is 4.29. The van der Waals surface area contributed by atoms with Crippen LogP contribution in [0.2, 0.25) is 0 Å². The fourth-order valence-corrected chi connectivity index (χ4v) is 3.85. The summed E-state index contributed by atoms with van der Waals surface area (Å²) >= 11 is 0. The minimum Gasteiger partial charge on any atom is -0.366 e. The molecule has 0 N–H and O–H groups in total. The molecule has 0 radical (unpaired) electrons. The zero-order valence-corrected chi connectivity index (χ0v) is 17.8. The number of anilines is 1. The summed E-state index contributed by atoms with van der Waals surface area (Å²) < 4.78 is 0. The van der Waals surface area contributed by atoms with Crippen LogP contribution in [0, 0.1) is 6.92 Å². The largest absolute Gasteiger partial charge is 0.366 e. The first kappa shape index (κ1) is 20.5. The van der Waals surface area contributed by atoms with E-state index in [1.165, 1.54) is 4.90 Å². The number of pyridine rings is 1. The van der Waals surface area contributed by atoms with E-state index in [-0.39, 0.29) is 11.8 Å². The molecule has 0 bridgehead atoms. The van der Waals surface area contributed by atoms with Gasteiger partial charge in [0.15, 0.2) is 0 Å². The van der Waals surface area contributed by atoms with Crippen molar-refractivity contribution in [3.63, 3.8) is 0 Å². The van der Waals surface area contributed by atoms with Gasteiger partial charge in [-0.25, -0.2) is 4.90 Å². The van der Waals surface area contributed by atoms with E-state index >= 15 is 0 Å². The van der Waals surface area contributed by atoms with E-state index < -0.39 is 0 Å². The lowest BCUT2D eigenvalue weighted by Crippen LogP contribution is -2.36. The summed E-state index contributed by atoms with van der Waals surface area (Å²) in [5.41, 5.74) is 4.52. The topological polar surface area (TPSA) is 53.5 Å². The van der Waals surface area contributed by atoms with Gasteiger partial charge in [-0.1, -0.05) is 48.0 Å². The molecule has 0 saturated heterocycles. The molecule has 1 aliphatic heterocycles. The van der Waals surface area contributed by atoms with Crippen LogP contribution in [0.15, 0.2) is 84.8 Å². The zero-order valence-electron chi connectivity index (χ0n) is 17.8. The molecule has 0 atom stereocenters. The van der Waals surface area contributed by atoms with Crippen LogP contribution in [0.3, 0.4) is 0 Å². The monoisotopic (exact) mass is 411 g/mol. The number of likely N-dealkylation sites (N-methyl/N-ethyl adjacent to an activating group) is 1.